The van der Waals surface area contributed by atoms with Gasteiger partial charge in [0.1, 0.15) is 23.2 Å². The topological polar surface area (TPSA) is 20.2 Å². The molecule has 0 heterocycles. The number of benzene rings is 4. The minimum atomic E-state index is -2.31. The highest BCUT2D eigenvalue weighted by molar-refractivity contribution is 7.95. The van der Waals surface area contributed by atoms with Gasteiger partial charge in [0.15, 0.2) is 0 Å². The van der Waals surface area contributed by atoms with Crippen LogP contribution in [0.1, 0.15) is 11.4 Å². The third-order valence-corrected chi connectivity index (χ3v) is 9.32. The molecule has 0 spiro atoms. The smallest absolute Gasteiger partial charge is 0.204 e. The molecule has 28 heavy (non-hydrogen) atoms. The molecule has 4 aromatic rings. The van der Waals surface area contributed by atoms with Crippen molar-refractivity contribution in [1.29, 1.82) is 0 Å². The zero-order valence-electron chi connectivity index (χ0n) is 15.4. The van der Waals surface area contributed by atoms with Crippen molar-refractivity contribution in [1.82, 2.24) is 0 Å². The molecule has 1 atom stereocenters. The van der Waals surface area contributed by atoms with Crippen LogP contribution in [0, 0.1) is 0 Å². The molecule has 0 bridgehead atoms. The predicted octanol–water partition coefficient (Wildman–Crippen LogP) is 1.68. The first-order valence-electron chi connectivity index (χ1n) is 9.12. The van der Waals surface area contributed by atoms with Crippen LogP contribution < -0.4 is 32.9 Å². The summed E-state index contributed by atoms with van der Waals surface area (Å²) in [6, 6.07) is 41.4. The van der Waals surface area contributed by atoms with Crippen LogP contribution in [0.4, 0.5) is 0 Å². The van der Waals surface area contributed by atoms with E-state index in [0.717, 1.165) is 5.56 Å². The van der Waals surface area contributed by atoms with Crippen molar-refractivity contribution < 1.29 is 22.1 Å². The number of aliphatic hydroxyl groups excluding tert-OH is 1. The molecule has 0 aliphatic rings. The average Bonchev–Trinajstić information content (AvgIpc) is 2.77. The molecule has 0 saturated carbocycles. The Labute approximate surface area is 177 Å². The Kier molecular flexibility index (Phi) is 6.80. The zero-order valence-corrected chi connectivity index (χ0v) is 17.9. The molecule has 0 amide bonds. The van der Waals surface area contributed by atoms with Gasteiger partial charge in [-0.2, -0.15) is 0 Å². The maximum Gasteiger partial charge on any atom is 0.204 e. The SMILES string of the molecule is OC(c1ccccc1)[P+](c1ccccc1)(c1ccccc1)c1ccccc1.[Br-]. The number of hydrogen-bond donors (Lipinski definition) is 1. The first-order valence-corrected chi connectivity index (χ1v) is 11.0. The largest absolute Gasteiger partial charge is 1.00 e. The summed E-state index contributed by atoms with van der Waals surface area (Å²) in [5.41, 5.74) is 0.947. The Morgan fingerprint density at radius 3 is 1.07 bits per heavy atom. The van der Waals surface area contributed by atoms with Crippen molar-refractivity contribution in [2.24, 2.45) is 0 Å². The Bertz CT molecular complexity index is 879. The fraction of sp³-hybridized carbons (Fsp3) is 0.0400. The highest BCUT2D eigenvalue weighted by atomic mass is 79.9. The van der Waals surface area contributed by atoms with E-state index in [0.29, 0.717) is 0 Å². The summed E-state index contributed by atoms with van der Waals surface area (Å²) in [7, 11) is -2.31. The summed E-state index contributed by atoms with van der Waals surface area (Å²) >= 11 is 0. The quantitative estimate of drug-likeness (QED) is 0.460. The molecule has 0 radical (unpaired) electrons. The van der Waals surface area contributed by atoms with Crippen LogP contribution >= 0.6 is 7.26 Å². The van der Waals surface area contributed by atoms with Gasteiger partial charge in [-0.1, -0.05) is 84.9 Å². The highest BCUT2D eigenvalue weighted by Crippen LogP contribution is 2.65. The molecule has 4 rings (SSSR count). The van der Waals surface area contributed by atoms with Crippen molar-refractivity contribution in [3.05, 3.63) is 127 Å². The molecule has 1 unspecified atom stereocenters. The third-order valence-electron chi connectivity index (χ3n) is 4.95. The van der Waals surface area contributed by atoms with Crippen molar-refractivity contribution in [3.63, 3.8) is 0 Å². The standard InChI is InChI=1S/C25H22OP.BrH/c26-25(21-13-5-1-6-14-21)27(22-15-7-2-8-16-22,23-17-9-3-10-18-23)24-19-11-4-12-20-24;/h1-20,25-26H;1H/q+1;/p-1. The molecule has 0 aromatic heterocycles. The van der Waals surface area contributed by atoms with E-state index in [-0.39, 0.29) is 17.0 Å². The Balaban J connectivity index is 0.00000225. The first kappa shape index (κ1) is 20.5. The summed E-state index contributed by atoms with van der Waals surface area (Å²) in [5, 5.41) is 15.4. The van der Waals surface area contributed by atoms with Crippen molar-refractivity contribution in [2.45, 2.75) is 5.85 Å². The van der Waals surface area contributed by atoms with E-state index in [1.54, 1.807) is 0 Å². The second-order valence-electron chi connectivity index (χ2n) is 6.51. The van der Waals surface area contributed by atoms with Crippen molar-refractivity contribution in [2.75, 3.05) is 0 Å². The molecular formula is C25H22BrOP. The van der Waals surface area contributed by atoms with Gasteiger partial charge in [0.05, 0.1) is 0 Å². The van der Waals surface area contributed by atoms with Crippen LogP contribution in [0.25, 0.3) is 0 Å². The zero-order chi connectivity index (χ0) is 18.5. The second kappa shape index (κ2) is 9.30. The lowest BCUT2D eigenvalue weighted by atomic mass is 10.2. The molecule has 1 N–H and O–H groups in total. The van der Waals surface area contributed by atoms with E-state index in [9.17, 15) is 5.11 Å². The number of rotatable bonds is 5. The van der Waals surface area contributed by atoms with E-state index in [1.165, 1.54) is 15.9 Å². The van der Waals surface area contributed by atoms with Gasteiger partial charge in [0, 0.05) is 5.56 Å². The summed E-state index contributed by atoms with van der Waals surface area (Å²) < 4.78 is 0. The molecule has 1 nitrogen and oxygen atoms in total. The predicted molar refractivity (Wildman–Crippen MR) is 117 cm³/mol. The highest BCUT2D eigenvalue weighted by Gasteiger charge is 2.52. The Morgan fingerprint density at radius 1 is 0.464 bits per heavy atom. The Morgan fingerprint density at radius 2 is 0.750 bits per heavy atom. The van der Waals surface area contributed by atoms with Crippen LogP contribution in [-0.2, 0) is 0 Å². The first-order chi connectivity index (χ1) is 13.3. The van der Waals surface area contributed by atoms with E-state index < -0.39 is 13.1 Å². The van der Waals surface area contributed by atoms with Gasteiger partial charge < -0.3 is 22.1 Å². The van der Waals surface area contributed by atoms with Gasteiger partial charge in [-0.05, 0) is 36.4 Å². The average molecular weight is 449 g/mol. The van der Waals surface area contributed by atoms with Crippen LogP contribution in [0.15, 0.2) is 121 Å². The molecule has 0 saturated heterocycles. The number of hydrogen-bond acceptors (Lipinski definition) is 1. The lowest BCUT2D eigenvalue weighted by molar-refractivity contribution is -0.00000624. The summed E-state index contributed by atoms with van der Waals surface area (Å²) in [6.45, 7) is 0. The molecule has 4 aromatic carbocycles. The molecule has 140 valence electrons. The number of aliphatic hydroxyl groups is 1. The van der Waals surface area contributed by atoms with Crippen LogP contribution in [0.2, 0.25) is 0 Å². The van der Waals surface area contributed by atoms with Gasteiger partial charge in [-0.15, -0.1) is 0 Å². The molecule has 0 aliphatic heterocycles. The molecule has 0 fully saturated rings. The summed E-state index contributed by atoms with van der Waals surface area (Å²) in [5.74, 6) is -0.620. The van der Waals surface area contributed by atoms with Crippen LogP contribution in [-0.4, -0.2) is 5.11 Å². The van der Waals surface area contributed by atoms with Crippen LogP contribution in [0.3, 0.4) is 0 Å². The molecule has 0 aliphatic carbocycles. The van der Waals surface area contributed by atoms with E-state index >= 15 is 0 Å². The fourth-order valence-electron chi connectivity index (χ4n) is 3.71. The lowest BCUT2D eigenvalue weighted by Crippen LogP contribution is -3.00. The van der Waals surface area contributed by atoms with Crippen LogP contribution in [0.5, 0.6) is 0 Å². The fourth-order valence-corrected chi connectivity index (χ4v) is 8.00. The third kappa shape index (κ3) is 3.69. The Hall–Kier alpha value is -2.25. The van der Waals surface area contributed by atoms with Gasteiger partial charge in [0.25, 0.3) is 0 Å². The lowest BCUT2D eigenvalue weighted by Gasteiger charge is -2.31. The summed E-state index contributed by atoms with van der Waals surface area (Å²) in [6.07, 6.45) is 0. The number of halogens is 1. The van der Waals surface area contributed by atoms with E-state index in [2.05, 4.69) is 72.8 Å². The van der Waals surface area contributed by atoms with Crippen molar-refractivity contribution >= 4 is 23.2 Å². The maximum absolute atomic E-state index is 11.8. The maximum atomic E-state index is 11.8. The normalized spacial score (nSPS) is 12.0. The van der Waals surface area contributed by atoms with Gasteiger partial charge in [-0.3, -0.25) is 0 Å². The minimum absolute atomic E-state index is 0. The minimum Gasteiger partial charge on any atom is -1.00 e. The monoisotopic (exact) mass is 448 g/mol. The molecule has 3 heteroatoms. The second-order valence-corrected chi connectivity index (χ2v) is 10.00. The van der Waals surface area contributed by atoms with Gasteiger partial charge >= 0.3 is 0 Å². The van der Waals surface area contributed by atoms with Gasteiger partial charge in [0.2, 0.25) is 5.85 Å². The van der Waals surface area contributed by atoms with E-state index in [4.69, 9.17) is 0 Å². The van der Waals surface area contributed by atoms with Gasteiger partial charge in [-0.25, -0.2) is 0 Å². The summed E-state index contributed by atoms with van der Waals surface area (Å²) in [4.78, 5) is 0. The van der Waals surface area contributed by atoms with Crippen molar-refractivity contribution in [3.8, 4) is 0 Å². The molecular weight excluding hydrogens is 427 g/mol. The van der Waals surface area contributed by atoms with E-state index in [1.807, 2.05) is 48.5 Å².